The normalized spacial score (nSPS) is 14.6. The van der Waals surface area contributed by atoms with Gasteiger partial charge in [-0.2, -0.15) is 0 Å². The molecule has 1 aliphatic rings. The van der Waals surface area contributed by atoms with E-state index in [1.165, 1.54) is 16.7 Å². The summed E-state index contributed by atoms with van der Waals surface area (Å²) >= 11 is 6.75. The maximum absolute atomic E-state index is 13.1. The molecule has 1 heterocycles. The van der Waals surface area contributed by atoms with Crippen molar-refractivity contribution in [3.63, 3.8) is 0 Å². The first-order chi connectivity index (χ1) is 16.1. The van der Waals surface area contributed by atoms with Gasteiger partial charge in [-0.1, -0.05) is 66.4 Å². The number of rotatable bonds is 8. The molecule has 168 valence electrons. The van der Waals surface area contributed by atoms with E-state index in [-0.39, 0.29) is 5.91 Å². The lowest BCUT2D eigenvalue weighted by Gasteiger charge is -2.17. The smallest absolute Gasteiger partial charge is 0.270 e. The lowest BCUT2D eigenvalue weighted by Crippen LogP contribution is -2.27. The SMILES string of the molecule is COc1ccccc1N1C(=O)C(=Cc2cccc(OCCOc3ccccc3C)c2)SC1=S. The topological polar surface area (TPSA) is 48.0 Å². The van der Waals surface area contributed by atoms with Crippen molar-refractivity contribution in [3.8, 4) is 17.2 Å². The molecule has 3 aromatic rings. The van der Waals surface area contributed by atoms with Crippen molar-refractivity contribution in [3.05, 3.63) is 88.8 Å². The second-order valence-corrected chi connectivity index (χ2v) is 8.90. The fourth-order valence-corrected chi connectivity index (χ4v) is 4.65. The molecule has 0 aliphatic carbocycles. The van der Waals surface area contributed by atoms with Crippen molar-refractivity contribution in [2.24, 2.45) is 0 Å². The van der Waals surface area contributed by atoms with Gasteiger partial charge in [-0.3, -0.25) is 9.69 Å². The highest BCUT2D eigenvalue weighted by Gasteiger charge is 2.34. The number of para-hydroxylation sites is 3. The van der Waals surface area contributed by atoms with Crippen molar-refractivity contribution < 1.29 is 19.0 Å². The molecule has 4 rings (SSSR count). The number of thiocarbonyl (C=S) groups is 1. The van der Waals surface area contributed by atoms with Crippen LogP contribution in [0.5, 0.6) is 17.2 Å². The fourth-order valence-electron chi connectivity index (χ4n) is 3.36. The van der Waals surface area contributed by atoms with E-state index >= 15 is 0 Å². The highest BCUT2D eigenvalue weighted by Crippen LogP contribution is 2.39. The summed E-state index contributed by atoms with van der Waals surface area (Å²) in [5.41, 5.74) is 2.58. The van der Waals surface area contributed by atoms with Crippen LogP contribution >= 0.6 is 24.0 Å². The molecule has 0 saturated carbocycles. The summed E-state index contributed by atoms with van der Waals surface area (Å²) in [5.74, 6) is 1.98. The number of ether oxygens (including phenoxy) is 3. The molecule has 0 bridgehead atoms. The van der Waals surface area contributed by atoms with Gasteiger partial charge in [0.1, 0.15) is 30.5 Å². The van der Waals surface area contributed by atoms with Crippen LogP contribution in [0.25, 0.3) is 6.08 Å². The summed E-state index contributed by atoms with van der Waals surface area (Å²) < 4.78 is 17.5. The zero-order valence-electron chi connectivity index (χ0n) is 18.3. The van der Waals surface area contributed by atoms with Crippen molar-refractivity contribution in [2.75, 3.05) is 25.2 Å². The molecule has 1 aliphatic heterocycles. The second kappa shape index (κ2) is 10.6. The number of anilines is 1. The monoisotopic (exact) mass is 477 g/mol. The van der Waals surface area contributed by atoms with E-state index < -0.39 is 0 Å². The molecule has 33 heavy (non-hydrogen) atoms. The van der Waals surface area contributed by atoms with E-state index in [0.717, 1.165) is 16.9 Å². The third-order valence-corrected chi connectivity index (χ3v) is 6.28. The summed E-state index contributed by atoms with van der Waals surface area (Å²) in [7, 11) is 1.57. The Labute approximate surface area is 203 Å². The molecule has 0 unspecified atom stereocenters. The van der Waals surface area contributed by atoms with Gasteiger partial charge in [0.25, 0.3) is 5.91 Å². The van der Waals surface area contributed by atoms with Crippen LogP contribution < -0.4 is 19.1 Å². The lowest BCUT2D eigenvalue weighted by molar-refractivity contribution is -0.113. The first-order valence-corrected chi connectivity index (χ1v) is 11.6. The van der Waals surface area contributed by atoms with E-state index in [0.29, 0.717) is 39.6 Å². The highest BCUT2D eigenvalue weighted by molar-refractivity contribution is 8.27. The average Bonchev–Trinajstić information content (AvgIpc) is 3.10. The van der Waals surface area contributed by atoms with Gasteiger partial charge in [-0.15, -0.1) is 0 Å². The van der Waals surface area contributed by atoms with Crippen LogP contribution in [0.15, 0.2) is 77.7 Å². The van der Waals surface area contributed by atoms with Crippen molar-refractivity contribution in [1.82, 2.24) is 0 Å². The van der Waals surface area contributed by atoms with Crippen LogP contribution in [0.2, 0.25) is 0 Å². The van der Waals surface area contributed by atoms with Crippen LogP contribution in [0, 0.1) is 6.92 Å². The molecule has 1 amide bonds. The van der Waals surface area contributed by atoms with E-state index in [1.807, 2.05) is 79.7 Å². The number of carbonyl (C=O) groups is 1. The summed E-state index contributed by atoms with van der Waals surface area (Å²) in [6.45, 7) is 2.86. The Morgan fingerprint density at radius 2 is 1.67 bits per heavy atom. The predicted octanol–water partition coefficient (Wildman–Crippen LogP) is 5.87. The van der Waals surface area contributed by atoms with Gasteiger partial charge in [-0.05, 0) is 54.5 Å². The molecule has 0 N–H and O–H groups in total. The minimum absolute atomic E-state index is 0.174. The molecule has 5 nitrogen and oxygen atoms in total. The molecular weight excluding hydrogens is 454 g/mol. The minimum atomic E-state index is -0.174. The quantitative estimate of drug-likeness (QED) is 0.230. The van der Waals surface area contributed by atoms with Gasteiger partial charge in [0.2, 0.25) is 0 Å². The van der Waals surface area contributed by atoms with Gasteiger partial charge < -0.3 is 14.2 Å². The third-order valence-electron chi connectivity index (χ3n) is 4.98. The summed E-state index contributed by atoms with van der Waals surface area (Å²) in [5, 5.41) is 0. The van der Waals surface area contributed by atoms with E-state index in [9.17, 15) is 4.79 Å². The first kappa shape index (κ1) is 22.9. The van der Waals surface area contributed by atoms with E-state index in [4.69, 9.17) is 26.4 Å². The van der Waals surface area contributed by atoms with Gasteiger partial charge in [0, 0.05) is 0 Å². The summed E-state index contributed by atoms with van der Waals surface area (Å²) in [6, 6.07) is 22.8. The van der Waals surface area contributed by atoms with Gasteiger partial charge in [0.15, 0.2) is 4.32 Å². The number of benzene rings is 3. The first-order valence-electron chi connectivity index (χ1n) is 10.4. The molecule has 0 atom stereocenters. The highest BCUT2D eigenvalue weighted by atomic mass is 32.2. The zero-order valence-corrected chi connectivity index (χ0v) is 19.9. The largest absolute Gasteiger partial charge is 0.495 e. The second-order valence-electron chi connectivity index (χ2n) is 7.22. The maximum Gasteiger partial charge on any atom is 0.270 e. The fraction of sp³-hybridized carbons (Fsp3) is 0.154. The van der Waals surface area contributed by atoms with Crippen molar-refractivity contribution >= 4 is 46.0 Å². The standard InChI is InChI=1S/C26H23NO4S2/c1-18-8-3-5-12-22(18)31-15-14-30-20-10-7-9-19(16-20)17-24-25(28)27(26(32)33-24)21-11-4-6-13-23(21)29-2/h3-13,16-17H,14-15H2,1-2H3. The lowest BCUT2D eigenvalue weighted by atomic mass is 10.2. The number of nitrogens with zero attached hydrogens (tertiary/aromatic N) is 1. The Morgan fingerprint density at radius 1 is 0.939 bits per heavy atom. The molecule has 0 spiro atoms. The summed E-state index contributed by atoms with van der Waals surface area (Å²) in [4.78, 5) is 15.1. The Hall–Kier alpha value is -3.29. The van der Waals surface area contributed by atoms with E-state index in [2.05, 4.69) is 0 Å². The zero-order chi connectivity index (χ0) is 23.2. The van der Waals surface area contributed by atoms with Gasteiger partial charge >= 0.3 is 0 Å². The van der Waals surface area contributed by atoms with Gasteiger partial charge in [0.05, 0.1) is 17.7 Å². The Kier molecular flexibility index (Phi) is 7.32. The van der Waals surface area contributed by atoms with Crippen LogP contribution in [0.4, 0.5) is 5.69 Å². The number of amides is 1. The molecule has 7 heteroatoms. The van der Waals surface area contributed by atoms with Crippen molar-refractivity contribution in [2.45, 2.75) is 6.92 Å². The summed E-state index contributed by atoms with van der Waals surface area (Å²) in [6.07, 6.45) is 1.82. The molecule has 3 aromatic carbocycles. The number of carbonyl (C=O) groups excluding carboxylic acids is 1. The van der Waals surface area contributed by atoms with E-state index in [1.54, 1.807) is 13.2 Å². The van der Waals surface area contributed by atoms with Crippen molar-refractivity contribution in [1.29, 1.82) is 0 Å². The number of aryl methyl sites for hydroxylation is 1. The molecular formula is C26H23NO4S2. The average molecular weight is 478 g/mol. The van der Waals surface area contributed by atoms with Gasteiger partial charge in [-0.25, -0.2) is 0 Å². The van der Waals surface area contributed by atoms with Crippen LogP contribution in [0.3, 0.4) is 0 Å². The van der Waals surface area contributed by atoms with Crippen LogP contribution in [-0.2, 0) is 4.79 Å². The minimum Gasteiger partial charge on any atom is -0.495 e. The molecule has 1 saturated heterocycles. The Morgan fingerprint density at radius 3 is 2.45 bits per heavy atom. The van der Waals surface area contributed by atoms with Crippen LogP contribution in [0.1, 0.15) is 11.1 Å². The number of hydrogen-bond acceptors (Lipinski definition) is 6. The number of methoxy groups -OCH3 is 1. The molecule has 0 aromatic heterocycles. The Bertz CT molecular complexity index is 1210. The molecule has 0 radical (unpaired) electrons. The maximum atomic E-state index is 13.1. The molecule has 1 fully saturated rings. The number of hydrogen-bond donors (Lipinski definition) is 0. The number of thioether (sulfide) groups is 1. The third kappa shape index (κ3) is 5.38. The predicted molar refractivity (Wildman–Crippen MR) is 137 cm³/mol. The van der Waals surface area contributed by atoms with Crippen LogP contribution in [-0.4, -0.2) is 30.6 Å². The Balaban J connectivity index is 1.42.